The Hall–Kier alpha value is -3.23. The van der Waals surface area contributed by atoms with Gasteiger partial charge in [0.1, 0.15) is 24.7 Å². The molecule has 43 heavy (non-hydrogen) atoms. The van der Waals surface area contributed by atoms with Gasteiger partial charge in [-0.2, -0.15) is 0 Å². The molecule has 0 unspecified atom stereocenters. The van der Waals surface area contributed by atoms with Crippen molar-refractivity contribution in [1.82, 2.24) is 4.57 Å². The molecule has 0 fully saturated rings. The predicted octanol–water partition coefficient (Wildman–Crippen LogP) is 6.15. The molecule has 0 bridgehead atoms. The molecular weight excluding hydrogens is 790 g/mol. The fraction of sp³-hybridized carbons (Fsp3) is 0.182. The van der Waals surface area contributed by atoms with Crippen LogP contribution >= 0.6 is 56.5 Å². The van der Waals surface area contributed by atoms with Crippen molar-refractivity contribution in [3.05, 3.63) is 134 Å². The summed E-state index contributed by atoms with van der Waals surface area (Å²) in [7, 11) is 0. The van der Waals surface area contributed by atoms with Gasteiger partial charge in [0.05, 0.1) is 35.6 Å². The minimum Gasteiger partial charge on any atom is -0.490 e. The number of hydrogen-bond donors (Lipinski definition) is 0. The first kappa shape index (κ1) is 31.2. The van der Waals surface area contributed by atoms with E-state index in [9.17, 15) is 9.59 Å². The molecule has 220 valence electrons. The van der Waals surface area contributed by atoms with Crippen LogP contribution in [-0.4, -0.2) is 23.8 Å². The van der Waals surface area contributed by atoms with Crippen molar-refractivity contribution in [3.8, 4) is 11.5 Å². The molecule has 1 aliphatic heterocycles. The van der Waals surface area contributed by atoms with E-state index in [1.807, 2.05) is 72.8 Å². The van der Waals surface area contributed by atoms with Gasteiger partial charge in [-0.3, -0.25) is 9.36 Å². The van der Waals surface area contributed by atoms with E-state index in [1.54, 1.807) is 24.5 Å². The Morgan fingerprint density at radius 2 is 1.77 bits per heavy atom. The summed E-state index contributed by atoms with van der Waals surface area (Å²) in [5.74, 6) is 0.971. The summed E-state index contributed by atoms with van der Waals surface area (Å²) in [6.07, 6.45) is 3.53. The topological polar surface area (TPSA) is 79.1 Å². The molecule has 5 rings (SSSR count). The number of fused-ring (bicyclic) bond motifs is 1. The van der Waals surface area contributed by atoms with E-state index in [0.717, 1.165) is 29.6 Å². The molecule has 0 N–H and O–H groups in total. The van der Waals surface area contributed by atoms with Gasteiger partial charge in [0.15, 0.2) is 4.80 Å². The van der Waals surface area contributed by atoms with Gasteiger partial charge in [-0.25, -0.2) is 9.79 Å². The molecule has 0 aliphatic carbocycles. The maximum Gasteiger partial charge on any atom is 0.338 e. The van der Waals surface area contributed by atoms with Gasteiger partial charge in [-0.1, -0.05) is 66.5 Å². The Morgan fingerprint density at radius 1 is 1.07 bits per heavy atom. The highest BCUT2D eigenvalue weighted by molar-refractivity contribution is 14.1. The monoisotopic (exact) mass is 818 g/mol. The number of rotatable bonds is 10. The average molecular weight is 818 g/mol. The molecule has 0 radical (unpaired) electrons. The number of halogens is 2. The average Bonchev–Trinajstić information content (AvgIpc) is 3.29. The second kappa shape index (κ2) is 14.0. The quantitative estimate of drug-likeness (QED) is 0.109. The van der Waals surface area contributed by atoms with Gasteiger partial charge >= 0.3 is 5.97 Å². The zero-order valence-electron chi connectivity index (χ0n) is 23.5. The van der Waals surface area contributed by atoms with Gasteiger partial charge in [-0.05, 0) is 106 Å². The fourth-order valence-corrected chi connectivity index (χ4v) is 7.86. The van der Waals surface area contributed by atoms with Crippen LogP contribution in [0.3, 0.4) is 0 Å². The lowest BCUT2D eigenvalue weighted by Gasteiger charge is -2.24. The highest BCUT2D eigenvalue weighted by Crippen LogP contribution is 2.32. The van der Waals surface area contributed by atoms with Crippen LogP contribution in [0, 0.1) is 7.14 Å². The third-order valence-electron chi connectivity index (χ3n) is 6.63. The molecular formula is C33H28I2N2O5S. The van der Waals surface area contributed by atoms with Crippen LogP contribution < -0.4 is 24.4 Å². The number of thiazole rings is 1. The van der Waals surface area contributed by atoms with Crippen molar-refractivity contribution >= 4 is 68.6 Å². The van der Waals surface area contributed by atoms with Crippen molar-refractivity contribution in [2.24, 2.45) is 4.99 Å². The minimum atomic E-state index is -0.695. The molecule has 0 amide bonds. The van der Waals surface area contributed by atoms with Crippen molar-refractivity contribution in [2.45, 2.75) is 26.5 Å². The van der Waals surface area contributed by atoms with Gasteiger partial charge in [0, 0.05) is 0 Å². The van der Waals surface area contributed by atoms with Crippen LogP contribution in [0.15, 0.2) is 100 Å². The number of nitrogens with zero attached hydrogens (tertiary/aromatic N) is 2. The summed E-state index contributed by atoms with van der Waals surface area (Å²) in [6.45, 7) is 8.26. The van der Waals surface area contributed by atoms with E-state index < -0.39 is 12.0 Å². The summed E-state index contributed by atoms with van der Waals surface area (Å²) < 4.78 is 21.2. The zero-order chi connectivity index (χ0) is 30.5. The lowest BCUT2D eigenvalue weighted by atomic mass is 9.96. The Balaban J connectivity index is 1.55. The normalized spacial score (nSPS) is 14.6. The van der Waals surface area contributed by atoms with Crippen LogP contribution in [0.4, 0.5) is 0 Å². The lowest BCUT2D eigenvalue weighted by molar-refractivity contribution is -0.139. The molecule has 0 saturated heterocycles. The Bertz CT molecular complexity index is 1860. The minimum absolute atomic E-state index is 0.212. The highest BCUT2D eigenvalue weighted by atomic mass is 127. The van der Waals surface area contributed by atoms with Gasteiger partial charge in [0.2, 0.25) is 0 Å². The van der Waals surface area contributed by atoms with Crippen LogP contribution in [0.1, 0.15) is 36.6 Å². The Labute approximate surface area is 280 Å². The first-order valence-corrected chi connectivity index (χ1v) is 16.5. The molecule has 2 heterocycles. The van der Waals surface area contributed by atoms with Crippen molar-refractivity contribution in [1.29, 1.82) is 0 Å². The van der Waals surface area contributed by atoms with E-state index in [4.69, 9.17) is 14.2 Å². The predicted molar refractivity (Wildman–Crippen MR) is 185 cm³/mol. The molecule has 1 aromatic heterocycles. The lowest BCUT2D eigenvalue weighted by Crippen LogP contribution is -2.39. The van der Waals surface area contributed by atoms with Crippen LogP contribution in [0.5, 0.6) is 11.5 Å². The fourth-order valence-electron chi connectivity index (χ4n) is 4.69. The number of aromatic nitrogens is 1. The van der Waals surface area contributed by atoms with E-state index in [1.165, 1.54) is 11.3 Å². The van der Waals surface area contributed by atoms with E-state index in [2.05, 4.69) is 56.8 Å². The first-order chi connectivity index (χ1) is 20.8. The van der Waals surface area contributed by atoms with Crippen LogP contribution in [0.25, 0.3) is 6.08 Å². The van der Waals surface area contributed by atoms with Crippen molar-refractivity contribution in [3.63, 3.8) is 0 Å². The summed E-state index contributed by atoms with van der Waals surface area (Å²) in [5, 5.41) is 0. The second-order valence-corrected chi connectivity index (χ2v) is 12.9. The van der Waals surface area contributed by atoms with E-state index >= 15 is 0 Å². The number of benzene rings is 3. The maximum absolute atomic E-state index is 14.0. The number of hydrogen-bond acceptors (Lipinski definition) is 7. The maximum atomic E-state index is 14.0. The first-order valence-electron chi connectivity index (χ1n) is 13.5. The smallest absolute Gasteiger partial charge is 0.338 e. The van der Waals surface area contributed by atoms with Gasteiger partial charge in [0.25, 0.3) is 5.56 Å². The van der Waals surface area contributed by atoms with E-state index in [0.29, 0.717) is 39.6 Å². The highest BCUT2D eigenvalue weighted by Gasteiger charge is 2.33. The third kappa shape index (κ3) is 6.96. The summed E-state index contributed by atoms with van der Waals surface area (Å²) in [4.78, 5) is 32.3. The van der Waals surface area contributed by atoms with Crippen LogP contribution in [-0.2, 0) is 16.1 Å². The summed E-state index contributed by atoms with van der Waals surface area (Å²) >= 11 is 5.82. The van der Waals surface area contributed by atoms with Crippen molar-refractivity contribution < 1.29 is 19.0 Å². The zero-order valence-corrected chi connectivity index (χ0v) is 28.6. The number of ether oxygens (including phenoxy) is 3. The molecule has 1 atom stereocenters. The summed E-state index contributed by atoms with van der Waals surface area (Å²) in [5.41, 5.74) is 3.33. The number of carbonyl (C=O) groups is 1. The molecule has 0 saturated carbocycles. The molecule has 10 heteroatoms. The number of esters is 1. The Kier molecular flexibility index (Phi) is 10.2. The number of carbonyl (C=O) groups excluding carboxylic acids is 1. The molecule has 0 spiro atoms. The Morgan fingerprint density at radius 3 is 2.42 bits per heavy atom. The SMILES string of the molecule is C=CCOc1ccc([C@H]2C(C(=O)OCC)=C(C)N=c3s/c(=C\c4cc(I)c(OCc5ccccc5)c(I)c4)c(=O)n32)cc1. The van der Waals surface area contributed by atoms with Crippen LogP contribution in [0.2, 0.25) is 0 Å². The third-order valence-corrected chi connectivity index (χ3v) is 9.21. The van der Waals surface area contributed by atoms with E-state index in [-0.39, 0.29) is 12.2 Å². The molecule has 7 nitrogen and oxygen atoms in total. The van der Waals surface area contributed by atoms with Gasteiger partial charge in [-0.15, -0.1) is 0 Å². The number of allylic oxidation sites excluding steroid dienone is 1. The molecule has 3 aromatic carbocycles. The van der Waals surface area contributed by atoms with Crippen molar-refractivity contribution in [2.75, 3.05) is 13.2 Å². The standard InChI is InChI=1S/C33H28I2N2O5S/c1-4-15-41-24-13-11-23(12-14-24)29-28(32(39)40-5-2)20(3)36-33-37(29)31(38)27(43-33)18-22-16-25(34)30(26(35)17-22)42-19-21-9-7-6-8-10-21/h4,6-14,16-18,29H,1,5,15,19H2,2-3H3/b27-18-/t29-/m0/s1. The molecule has 4 aromatic rings. The largest absolute Gasteiger partial charge is 0.490 e. The van der Waals surface area contributed by atoms with Gasteiger partial charge < -0.3 is 14.2 Å². The molecule has 1 aliphatic rings. The summed E-state index contributed by atoms with van der Waals surface area (Å²) in [6, 6.07) is 20.7. The second-order valence-electron chi connectivity index (χ2n) is 9.56.